The summed E-state index contributed by atoms with van der Waals surface area (Å²) in [6, 6.07) is 21.5. The minimum absolute atomic E-state index is 0.136. The van der Waals surface area contributed by atoms with E-state index in [0.29, 0.717) is 11.3 Å². The molecule has 0 atom stereocenters. The second kappa shape index (κ2) is 8.10. The van der Waals surface area contributed by atoms with Gasteiger partial charge < -0.3 is 0 Å². The molecule has 0 saturated carbocycles. The van der Waals surface area contributed by atoms with Crippen molar-refractivity contribution >= 4 is 21.8 Å². The van der Waals surface area contributed by atoms with Crippen LogP contribution in [0.4, 0.5) is 4.39 Å². The summed E-state index contributed by atoms with van der Waals surface area (Å²) in [6.45, 7) is 1.89. The number of hydrogen-bond acceptors (Lipinski definition) is 2. The Balaban J connectivity index is 2.03. The number of aryl methyl sites for hydroxylation is 1. The summed E-state index contributed by atoms with van der Waals surface area (Å²) in [7, 11) is -3.86. The summed E-state index contributed by atoms with van der Waals surface area (Å²) in [5.74, 6) is -0.328. The molecule has 0 heterocycles. The first-order chi connectivity index (χ1) is 12.9. The van der Waals surface area contributed by atoms with Crippen LogP contribution in [0.15, 0.2) is 94.2 Å². The van der Waals surface area contributed by atoms with Crippen LogP contribution in [0.25, 0.3) is 6.08 Å². The van der Waals surface area contributed by atoms with E-state index < -0.39 is 10.0 Å². The third-order valence-electron chi connectivity index (χ3n) is 3.91. The molecule has 3 nitrogen and oxygen atoms in total. The van der Waals surface area contributed by atoms with Crippen LogP contribution in [0.1, 0.15) is 16.7 Å². The fraction of sp³-hybridized carbons (Fsp3) is 0.0455. The summed E-state index contributed by atoms with van der Waals surface area (Å²) in [5, 5.41) is 0. The topological polar surface area (TPSA) is 46.5 Å². The lowest BCUT2D eigenvalue weighted by atomic mass is 10.1. The van der Waals surface area contributed by atoms with Crippen LogP contribution in [-0.2, 0) is 10.0 Å². The van der Waals surface area contributed by atoms with E-state index in [4.69, 9.17) is 0 Å². The lowest BCUT2D eigenvalue weighted by molar-refractivity contribution is 0.598. The predicted octanol–water partition coefficient (Wildman–Crippen LogP) is 5.03. The first-order valence-electron chi connectivity index (χ1n) is 8.35. The van der Waals surface area contributed by atoms with Crippen molar-refractivity contribution < 1.29 is 12.8 Å². The van der Waals surface area contributed by atoms with E-state index in [9.17, 15) is 12.8 Å². The molecular weight excluding hydrogens is 361 g/mol. The van der Waals surface area contributed by atoms with Crippen molar-refractivity contribution in [3.63, 3.8) is 0 Å². The van der Waals surface area contributed by atoms with Crippen LogP contribution < -0.4 is 0 Å². The van der Waals surface area contributed by atoms with Crippen LogP contribution in [-0.4, -0.2) is 14.1 Å². The molecule has 3 aromatic carbocycles. The van der Waals surface area contributed by atoms with Gasteiger partial charge in [0.05, 0.1) is 10.6 Å². The molecule has 0 radical (unpaired) electrons. The maximum Gasteiger partial charge on any atom is 0.282 e. The zero-order valence-corrected chi connectivity index (χ0v) is 15.5. The quantitative estimate of drug-likeness (QED) is 0.584. The summed E-state index contributed by atoms with van der Waals surface area (Å²) >= 11 is 0. The Morgan fingerprint density at radius 1 is 0.889 bits per heavy atom. The summed E-state index contributed by atoms with van der Waals surface area (Å²) in [4.78, 5) is 0.136. The number of allylic oxidation sites excluding steroid dienone is 1. The van der Waals surface area contributed by atoms with Gasteiger partial charge >= 0.3 is 0 Å². The van der Waals surface area contributed by atoms with E-state index in [-0.39, 0.29) is 10.7 Å². The molecule has 0 aliphatic rings. The zero-order chi connectivity index (χ0) is 19.3. The van der Waals surface area contributed by atoms with Gasteiger partial charge in [0.25, 0.3) is 10.0 Å². The van der Waals surface area contributed by atoms with E-state index in [1.54, 1.807) is 60.7 Å². The van der Waals surface area contributed by atoms with Gasteiger partial charge in [0.15, 0.2) is 0 Å². The van der Waals surface area contributed by atoms with Gasteiger partial charge in [0.2, 0.25) is 0 Å². The molecule has 0 N–H and O–H groups in total. The second-order valence-electron chi connectivity index (χ2n) is 6.02. The number of halogens is 1. The summed E-state index contributed by atoms with van der Waals surface area (Å²) in [6.07, 6.45) is 3.32. The van der Waals surface area contributed by atoms with E-state index in [2.05, 4.69) is 4.40 Å². The Morgan fingerprint density at radius 2 is 1.52 bits per heavy atom. The van der Waals surface area contributed by atoms with Crippen molar-refractivity contribution in [2.45, 2.75) is 11.8 Å². The largest absolute Gasteiger partial charge is 0.282 e. The number of sulfonamides is 1. The number of hydrogen-bond donors (Lipinski definition) is 0. The van der Waals surface area contributed by atoms with Gasteiger partial charge in [0, 0.05) is 5.56 Å². The molecule has 0 aliphatic heterocycles. The third-order valence-corrected chi connectivity index (χ3v) is 5.22. The fourth-order valence-electron chi connectivity index (χ4n) is 2.43. The Labute approximate surface area is 158 Å². The van der Waals surface area contributed by atoms with Crippen LogP contribution in [0, 0.1) is 12.7 Å². The smallest absolute Gasteiger partial charge is 0.207 e. The van der Waals surface area contributed by atoms with E-state index in [1.165, 1.54) is 12.1 Å². The van der Waals surface area contributed by atoms with Gasteiger partial charge in [-0.1, -0.05) is 66.2 Å². The molecule has 0 unspecified atom stereocenters. The van der Waals surface area contributed by atoms with Crippen LogP contribution in [0.3, 0.4) is 0 Å². The molecule has 0 aliphatic carbocycles. The molecule has 0 aromatic heterocycles. The van der Waals surface area contributed by atoms with Gasteiger partial charge in [-0.15, -0.1) is 0 Å². The van der Waals surface area contributed by atoms with Crippen molar-refractivity contribution in [1.82, 2.24) is 0 Å². The number of rotatable bonds is 5. The van der Waals surface area contributed by atoms with Crippen molar-refractivity contribution in [1.29, 1.82) is 0 Å². The summed E-state index contributed by atoms with van der Waals surface area (Å²) in [5.41, 5.74) is 2.69. The van der Waals surface area contributed by atoms with E-state index >= 15 is 0 Å². The van der Waals surface area contributed by atoms with Crippen molar-refractivity contribution in [2.24, 2.45) is 4.40 Å². The van der Waals surface area contributed by atoms with E-state index in [0.717, 1.165) is 11.1 Å². The van der Waals surface area contributed by atoms with Gasteiger partial charge in [-0.25, -0.2) is 4.39 Å². The minimum Gasteiger partial charge on any atom is -0.207 e. The first-order valence-corrected chi connectivity index (χ1v) is 9.79. The Hall–Kier alpha value is -3.05. The lowest BCUT2D eigenvalue weighted by Crippen LogP contribution is -2.04. The monoisotopic (exact) mass is 379 g/mol. The predicted molar refractivity (Wildman–Crippen MR) is 107 cm³/mol. The van der Waals surface area contributed by atoms with Gasteiger partial charge in [-0.2, -0.15) is 12.8 Å². The van der Waals surface area contributed by atoms with E-state index in [1.807, 2.05) is 25.1 Å². The average molecular weight is 379 g/mol. The molecule has 27 heavy (non-hydrogen) atoms. The molecular formula is C22H18FNO2S. The first kappa shape index (κ1) is 18.7. The highest BCUT2D eigenvalue weighted by Gasteiger charge is 2.14. The molecule has 136 valence electrons. The fourth-order valence-corrected chi connectivity index (χ4v) is 3.44. The molecule has 0 saturated heterocycles. The van der Waals surface area contributed by atoms with Gasteiger partial charge in [-0.3, -0.25) is 0 Å². The Morgan fingerprint density at radius 3 is 2.15 bits per heavy atom. The zero-order valence-electron chi connectivity index (χ0n) is 14.7. The summed E-state index contributed by atoms with van der Waals surface area (Å²) < 4.78 is 42.5. The number of benzene rings is 3. The maximum atomic E-state index is 13.1. The average Bonchev–Trinajstić information content (AvgIpc) is 2.67. The van der Waals surface area contributed by atoms with Crippen molar-refractivity contribution in [3.8, 4) is 0 Å². The van der Waals surface area contributed by atoms with Gasteiger partial charge in [-0.05, 0) is 42.8 Å². The van der Waals surface area contributed by atoms with Crippen LogP contribution in [0.5, 0.6) is 0 Å². The normalized spacial score (nSPS) is 12.4. The standard InChI is InChI=1S/C22H18FNO2S/c1-17-7-14-21(15-8-17)27(25,26)24-22(19-5-3-2-4-6-19)16-11-18-9-12-20(23)13-10-18/h2-16H,1H3/b16-11+,24-22-. The van der Waals surface area contributed by atoms with Crippen molar-refractivity contribution in [2.75, 3.05) is 0 Å². The molecule has 0 amide bonds. The van der Waals surface area contributed by atoms with Gasteiger partial charge in [0.1, 0.15) is 5.82 Å². The molecule has 3 rings (SSSR count). The highest BCUT2D eigenvalue weighted by Crippen LogP contribution is 2.16. The molecule has 0 fully saturated rings. The van der Waals surface area contributed by atoms with Crippen molar-refractivity contribution in [3.05, 3.63) is 107 Å². The minimum atomic E-state index is -3.86. The van der Waals surface area contributed by atoms with Crippen LogP contribution in [0.2, 0.25) is 0 Å². The number of nitrogens with zero attached hydrogens (tertiary/aromatic N) is 1. The molecule has 0 bridgehead atoms. The third kappa shape index (κ3) is 4.99. The Bertz CT molecular complexity index is 1070. The highest BCUT2D eigenvalue weighted by molar-refractivity contribution is 7.90. The SMILES string of the molecule is Cc1ccc(S(=O)(=O)/N=C(/C=C/c2ccc(F)cc2)c2ccccc2)cc1. The molecule has 5 heteroatoms. The second-order valence-corrected chi connectivity index (χ2v) is 7.62. The lowest BCUT2D eigenvalue weighted by Gasteiger charge is -2.04. The molecule has 0 spiro atoms. The molecule has 3 aromatic rings. The maximum absolute atomic E-state index is 13.1. The van der Waals surface area contributed by atoms with Crippen LogP contribution >= 0.6 is 0 Å². The highest BCUT2D eigenvalue weighted by atomic mass is 32.2. The Kier molecular flexibility index (Phi) is 5.62.